The van der Waals surface area contributed by atoms with E-state index in [0.717, 1.165) is 11.3 Å². The van der Waals surface area contributed by atoms with Gasteiger partial charge in [0.05, 0.1) is 31.4 Å². The zero-order chi connectivity index (χ0) is 22.8. The Bertz CT molecular complexity index is 1060. The summed E-state index contributed by atoms with van der Waals surface area (Å²) in [5.74, 6) is -0.855. The number of ether oxygens (including phenoxy) is 2. The van der Waals surface area contributed by atoms with Gasteiger partial charge in [-0.2, -0.15) is 4.31 Å². The highest BCUT2D eigenvalue weighted by Gasteiger charge is 2.28. The molecule has 2 aromatic rings. The van der Waals surface area contributed by atoms with Gasteiger partial charge in [0, 0.05) is 23.7 Å². The second kappa shape index (κ2) is 9.51. The summed E-state index contributed by atoms with van der Waals surface area (Å²) in [5, 5.41) is 2.78. The fourth-order valence-corrected chi connectivity index (χ4v) is 6.18. The van der Waals surface area contributed by atoms with Gasteiger partial charge in [-0.3, -0.25) is 4.79 Å². The summed E-state index contributed by atoms with van der Waals surface area (Å²) in [7, 11) is -3.56. The number of thiophene rings is 1. The number of aromatic nitrogens is 1. The fourth-order valence-electron chi connectivity index (χ4n) is 3.32. The van der Waals surface area contributed by atoms with E-state index in [9.17, 15) is 18.0 Å². The summed E-state index contributed by atoms with van der Waals surface area (Å²) >= 11 is 1.13. The van der Waals surface area contributed by atoms with E-state index in [-0.39, 0.29) is 28.5 Å². The Balaban J connectivity index is 1.67. The van der Waals surface area contributed by atoms with Gasteiger partial charge in [0.1, 0.15) is 9.90 Å². The molecule has 1 amide bonds. The summed E-state index contributed by atoms with van der Waals surface area (Å²) in [6, 6.07) is 3.25. The molecule has 0 spiro atoms. The molecule has 2 aromatic heterocycles. The van der Waals surface area contributed by atoms with Crippen molar-refractivity contribution in [2.45, 2.75) is 44.6 Å². The zero-order valence-corrected chi connectivity index (χ0v) is 19.6. The summed E-state index contributed by atoms with van der Waals surface area (Å²) in [6.07, 6.45) is -0.264. The van der Waals surface area contributed by atoms with Gasteiger partial charge in [-0.25, -0.2) is 13.2 Å². The standard InChI is InChI=1S/C20H27N3O6S2/c1-12(2)29-20(25)17-13(3)18(22-14(17)4)19(24)21-11-15-5-6-16(30-15)31(26,27)23-7-9-28-10-8-23/h5-6,12,22H,7-11H2,1-4H3,(H,21,24). The van der Waals surface area contributed by atoms with Crippen LogP contribution in [-0.4, -0.2) is 62.0 Å². The molecular formula is C20H27N3O6S2. The lowest BCUT2D eigenvalue weighted by Crippen LogP contribution is -2.40. The lowest BCUT2D eigenvalue weighted by Gasteiger charge is -2.25. The van der Waals surface area contributed by atoms with Crippen molar-refractivity contribution in [2.24, 2.45) is 0 Å². The Kier molecular flexibility index (Phi) is 7.20. The Labute approximate surface area is 185 Å². The van der Waals surface area contributed by atoms with Crippen LogP contribution in [0.3, 0.4) is 0 Å². The number of nitrogens with zero attached hydrogens (tertiary/aromatic N) is 1. The zero-order valence-electron chi connectivity index (χ0n) is 18.0. The van der Waals surface area contributed by atoms with Crippen LogP contribution in [0.1, 0.15) is 50.8 Å². The summed E-state index contributed by atoms with van der Waals surface area (Å²) in [4.78, 5) is 28.6. The van der Waals surface area contributed by atoms with Crippen LogP contribution in [0.15, 0.2) is 16.3 Å². The molecule has 11 heteroatoms. The van der Waals surface area contributed by atoms with Crippen molar-refractivity contribution in [2.75, 3.05) is 26.3 Å². The quantitative estimate of drug-likeness (QED) is 0.601. The number of hydrogen-bond acceptors (Lipinski definition) is 7. The van der Waals surface area contributed by atoms with E-state index in [2.05, 4.69) is 10.3 Å². The number of aryl methyl sites for hydroxylation is 1. The molecule has 1 fully saturated rings. The third-order valence-electron chi connectivity index (χ3n) is 4.84. The smallest absolute Gasteiger partial charge is 0.340 e. The van der Waals surface area contributed by atoms with Gasteiger partial charge in [-0.1, -0.05) is 0 Å². The molecule has 9 nitrogen and oxygen atoms in total. The maximum absolute atomic E-state index is 12.7. The Hall–Kier alpha value is -2.21. The van der Waals surface area contributed by atoms with Gasteiger partial charge in [-0.15, -0.1) is 11.3 Å². The Morgan fingerprint density at radius 1 is 1.26 bits per heavy atom. The van der Waals surface area contributed by atoms with Crippen LogP contribution in [0.5, 0.6) is 0 Å². The van der Waals surface area contributed by atoms with Crippen LogP contribution in [0.4, 0.5) is 0 Å². The number of rotatable bonds is 7. The minimum Gasteiger partial charge on any atom is -0.459 e. The molecule has 31 heavy (non-hydrogen) atoms. The number of carbonyl (C=O) groups excluding carboxylic acids is 2. The monoisotopic (exact) mass is 469 g/mol. The second-order valence-electron chi connectivity index (χ2n) is 7.50. The van der Waals surface area contributed by atoms with Gasteiger partial charge in [0.25, 0.3) is 15.9 Å². The maximum atomic E-state index is 12.7. The number of nitrogens with one attached hydrogen (secondary N) is 2. The predicted octanol–water partition coefficient (Wildman–Crippen LogP) is 2.21. The lowest BCUT2D eigenvalue weighted by atomic mass is 10.1. The number of aromatic amines is 1. The van der Waals surface area contributed by atoms with Crippen LogP contribution < -0.4 is 5.32 Å². The van der Waals surface area contributed by atoms with Gasteiger partial charge in [0.2, 0.25) is 0 Å². The van der Waals surface area contributed by atoms with E-state index >= 15 is 0 Å². The highest BCUT2D eigenvalue weighted by molar-refractivity contribution is 7.91. The van der Waals surface area contributed by atoms with Crippen molar-refractivity contribution in [3.05, 3.63) is 39.5 Å². The molecule has 0 radical (unpaired) electrons. The number of H-pyrrole nitrogens is 1. The van der Waals surface area contributed by atoms with E-state index in [1.165, 1.54) is 4.31 Å². The number of amides is 1. The van der Waals surface area contributed by atoms with Crippen LogP contribution >= 0.6 is 11.3 Å². The van der Waals surface area contributed by atoms with Gasteiger partial charge in [0.15, 0.2) is 0 Å². The van der Waals surface area contributed by atoms with Crippen molar-refractivity contribution in [1.29, 1.82) is 0 Å². The minimum absolute atomic E-state index is 0.172. The van der Waals surface area contributed by atoms with Crippen molar-refractivity contribution in [3.8, 4) is 0 Å². The van der Waals surface area contributed by atoms with E-state index in [0.29, 0.717) is 48.0 Å². The number of esters is 1. The average molecular weight is 470 g/mol. The first kappa shape index (κ1) is 23.5. The second-order valence-corrected chi connectivity index (χ2v) is 10.8. The molecule has 3 heterocycles. The summed E-state index contributed by atoms with van der Waals surface area (Å²) in [5.41, 5.74) is 1.71. The van der Waals surface area contributed by atoms with Crippen LogP contribution in [0, 0.1) is 13.8 Å². The lowest BCUT2D eigenvalue weighted by molar-refractivity contribution is 0.0376. The van der Waals surface area contributed by atoms with E-state index in [1.807, 2.05) is 0 Å². The van der Waals surface area contributed by atoms with Crippen LogP contribution in [0.2, 0.25) is 0 Å². The third-order valence-corrected chi connectivity index (χ3v) is 8.29. The summed E-state index contributed by atoms with van der Waals surface area (Å²) < 4.78 is 37.6. The highest BCUT2D eigenvalue weighted by Crippen LogP contribution is 2.26. The molecule has 170 valence electrons. The van der Waals surface area contributed by atoms with Crippen LogP contribution in [0.25, 0.3) is 0 Å². The molecule has 3 rings (SSSR count). The molecular weight excluding hydrogens is 442 g/mol. The number of hydrogen-bond donors (Lipinski definition) is 2. The molecule has 0 aliphatic carbocycles. The first-order chi connectivity index (χ1) is 14.6. The molecule has 2 N–H and O–H groups in total. The van der Waals surface area contributed by atoms with Gasteiger partial charge >= 0.3 is 5.97 Å². The molecule has 0 unspecified atom stereocenters. The van der Waals surface area contributed by atoms with Crippen molar-refractivity contribution in [1.82, 2.24) is 14.6 Å². The molecule has 1 aliphatic rings. The number of sulfonamides is 1. The molecule has 0 bridgehead atoms. The van der Waals surface area contributed by atoms with E-state index in [4.69, 9.17) is 9.47 Å². The average Bonchev–Trinajstić information content (AvgIpc) is 3.31. The topological polar surface area (TPSA) is 118 Å². The SMILES string of the molecule is Cc1[nH]c(C(=O)NCc2ccc(S(=O)(=O)N3CCOCC3)s2)c(C)c1C(=O)OC(C)C. The third kappa shape index (κ3) is 5.17. The van der Waals surface area contributed by atoms with Gasteiger partial charge in [-0.05, 0) is 45.4 Å². The van der Waals surface area contributed by atoms with E-state index < -0.39 is 16.0 Å². The fraction of sp³-hybridized carbons (Fsp3) is 0.500. The summed E-state index contributed by atoms with van der Waals surface area (Å²) in [6.45, 7) is 8.53. The van der Waals surface area contributed by atoms with E-state index in [1.54, 1.807) is 39.8 Å². The number of morpholine rings is 1. The normalized spacial score (nSPS) is 15.3. The Morgan fingerprint density at radius 3 is 2.58 bits per heavy atom. The molecule has 0 atom stereocenters. The molecule has 1 saturated heterocycles. The Morgan fingerprint density at radius 2 is 1.94 bits per heavy atom. The van der Waals surface area contributed by atoms with Crippen molar-refractivity contribution < 1.29 is 27.5 Å². The largest absolute Gasteiger partial charge is 0.459 e. The first-order valence-electron chi connectivity index (χ1n) is 9.96. The van der Waals surface area contributed by atoms with Crippen LogP contribution in [-0.2, 0) is 26.0 Å². The number of carbonyl (C=O) groups is 2. The molecule has 0 aromatic carbocycles. The van der Waals surface area contributed by atoms with Gasteiger partial charge < -0.3 is 19.8 Å². The highest BCUT2D eigenvalue weighted by atomic mass is 32.2. The molecule has 1 aliphatic heterocycles. The molecule has 0 saturated carbocycles. The first-order valence-corrected chi connectivity index (χ1v) is 12.2. The predicted molar refractivity (Wildman–Crippen MR) is 116 cm³/mol. The van der Waals surface area contributed by atoms with Crippen molar-refractivity contribution >= 4 is 33.2 Å². The maximum Gasteiger partial charge on any atom is 0.340 e. The van der Waals surface area contributed by atoms with Crippen molar-refractivity contribution in [3.63, 3.8) is 0 Å². The minimum atomic E-state index is -3.56.